The van der Waals surface area contributed by atoms with E-state index in [2.05, 4.69) is 5.32 Å². The molecule has 0 aliphatic heterocycles. The average molecular weight is 296 g/mol. The first-order chi connectivity index (χ1) is 9.32. The van der Waals surface area contributed by atoms with Crippen LogP contribution in [0.3, 0.4) is 0 Å². The summed E-state index contributed by atoms with van der Waals surface area (Å²) in [6.07, 6.45) is 0.653. The highest BCUT2D eigenvalue weighted by Crippen LogP contribution is 2.12. The minimum absolute atomic E-state index is 0.0695. The van der Waals surface area contributed by atoms with Gasteiger partial charge in [0.25, 0.3) is 0 Å². The highest BCUT2D eigenvalue weighted by Gasteiger charge is 2.24. The minimum atomic E-state index is -0.445. The number of nitrogens with one attached hydrogen (secondary N) is 1. The number of thiocarbonyl (C=S) groups is 1. The number of carbonyl (C=O) groups is 1. The Morgan fingerprint density at radius 2 is 2.10 bits per heavy atom. The van der Waals surface area contributed by atoms with Gasteiger partial charge in [-0.05, 0) is 42.5 Å². The van der Waals surface area contributed by atoms with Gasteiger partial charge < -0.3 is 11.1 Å². The quantitative estimate of drug-likeness (QED) is 0.792. The van der Waals surface area contributed by atoms with Crippen molar-refractivity contribution >= 4 is 23.1 Å². The van der Waals surface area contributed by atoms with Crippen LogP contribution in [0.25, 0.3) is 0 Å². The van der Waals surface area contributed by atoms with Gasteiger partial charge in [0.2, 0.25) is 5.91 Å². The monoisotopic (exact) mass is 296 g/mol. The number of aryl methyl sites for hydroxylation is 1. The molecule has 0 saturated heterocycles. The Hall–Kier alpha value is -1.49. The zero-order valence-electron chi connectivity index (χ0n) is 12.1. The van der Waals surface area contributed by atoms with Gasteiger partial charge in [0, 0.05) is 6.54 Å². The number of benzene rings is 1. The van der Waals surface area contributed by atoms with Crippen molar-refractivity contribution in [1.82, 2.24) is 5.32 Å². The minimum Gasteiger partial charge on any atom is -0.393 e. The molecule has 1 rings (SSSR count). The van der Waals surface area contributed by atoms with E-state index in [1.165, 1.54) is 12.1 Å². The second kappa shape index (κ2) is 7.33. The Morgan fingerprint density at radius 3 is 2.60 bits per heavy atom. The summed E-state index contributed by atoms with van der Waals surface area (Å²) in [5.41, 5.74) is 7.49. The highest BCUT2D eigenvalue weighted by atomic mass is 32.1. The first kappa shape index (κ1) is 16.6. The van der Waals surface area contributed by atoms with E-state index >= 15 is 0 Å². The summed E-state index contributed by atoms with van der Waals surface area (Å²) in [5.74, 6) is -0.768. The number of hydrogen-bond donors (Lipinski definition) is 2. The third kappa shape index (κ3) is 4.56. The Kier molecular flexibility index (Phi) is 6.07. The van der Waals surface area contributed by atoms with Gasteiger partial charge >= 0.3 is 0 Å². The third-order valence-corrected chi connectivity index (χ3v) is 3.51. The van der Waals surface area contributed by atoms with E-state index in [0.717, 1.165) is 11.1 Å². The van der Waals surface area contributed by atoms with Crippen LogP contribution in [0.5, 0.6) is 0 Å². The SMILES string of the molecule is Cc1cc(F)ccc1CCNC(=O)C(C(N)=S)C(C)C. The lowest BCUT2D eigenvalue weighted by molar-refractivity contribution is -0.123. The summed E-state index contributed by atoms with van der Waals surface area (Å²) in [4.78, 5) is 12.2. The number of amides is 1. The normalized spacial score (nSPS) is 12.2. The number of hydrogen-bond acceptors (Lipinski definition) is 2. The molecule has 1 aromatic rings. The predicted octanol–water partition coefficient (Wildman–Crippen LogP) is 2.35. The van der Waals surface area contributed by atoms with Crippen LogP contribution in [0.1, 0.15) is 25.0 Å². The Balaban J connectivity index is 2.55. The van der Waals surface area contributed by atoms with Crippen LogP contribution >= 0.6 is 12.2 Å². The van der Waals surface area contributed by atoms with Gasteiger partial charge in [0.15, 0.2) is 0 Å². The molecule has 20 heavy (non-hydrogen) atoms. The maximum atomic E-state index is 13.0. The first-order valence-electron chi connectivity index (χ1n) is 6.65. The molecule has 0 heterocycles. The fourth-order valence-corrected chi connectivity index (χ4v) is 2.51. The Labute approximate surface area is 124 Å². The fraction of sp³-hybridized carbons (Fsp3) is 0.467. The molecular weight excluding hydrogens is 275 g/mol. The lowest BCUT2D eigenvalue weighted by Crippen LogP contribution is -2.41. The van der Waals surface area contributed by atoms with E-state index in [1.54, 1.807) is 6.07 Å². The summed E-state index contributed by atoms with van der Waals surface area (Å²) in [7, 11) is 0. The second-order valence-corrected chi connectivity index (χ2v) is 5.71. The van der Waals surface area contributed by atoms with Crippen molar-refractivity contribution in [3.05, 3.63) is 35.1 Å². The molecule has 1 aromatic carbocycles. The summed E-state index contributed by atoms with van der Waals surface area (Å²) >= 11 is 4.92. The molecule has 0 radical (unpaired) electrons. The number of halogens is 1. The molecule has 0 bridgehead atoms. The van der Waals surface area contributed by atoms with Crippen molar-refractivity contribution in [3.8, 4) is 0 Å². The van der Waals surface area contributed by atoms with Crippen LogP contribution in [-0.4, -0.2) is 17.4 Å². The maximum Gasteiger partial charge on any atom is 0.230 e. The molecule has 0 saturated carbocycles. The molecule has 0 spiro atoms. The summed E-state index contributed by atoms with van der Waals surface area (Å²) in [5, 5.41) is 2.84. The van der Waals surface area contributed by atoms with Gasteiger partial charge in [-0.15, -0.1) is 0 Å². The van der Waals surface area contributed by atoms with E-state index in [4.69, 9.17) is 18.0 Å². The van der Waals surface area contributed by atoms with Crippen LogP contribution in [0.2, 0.25) is 0 Å². The topological polar surface area (TPSA) is 55.1 Å². The smallest absolute Gasteiger partial charge is 0.230 e. The van der Waals surface area contributed by atoms with Crippen molar-refractivity contribution in [2.75, 3.05) is 6.54 Å². The van der Waals surface area contributed by atoms with Crippen molar-refractivity contribution in [1.29, 1.82) is 0 Å². The van der Waals surface area contributed by atoms with Gasteiger partial charge in [-0.3, -0.25) is 4.79 Å². The molecule has 0 aliphatic rings. The first-order valence-corrected chi connectivity index (χ1v) is 7.05. The maximum absolute atomic E-state index is 13.0. The van der Waals surface area contributed by atoms with E-state index in [0.29, 0.717) is 13.0 Å². The largest absolute Gasteiger partial charge is 0.393 e. The number of nitrogens with two attached hydrogens (primary N) is 1. The molecule has 5 heteroatoms. The van der Waals surface area contributed by atoms with Gasteiger partial charge in [-0.2, -0.15) is 0 Å². The number of rotatable bonds is 6. The lowest BCUT2D eigenvalue weighted by atomic mass is 9.95. The summed E-state index contributed by atoms with van der Waals surface area (Å²) in [6, 6.07) is 4.66. The Morgan fingerprint density at radius 1 is 1.45 bits per heavy atom. The van der Waals surface area contributed by atoms with Crippen molar-refractivity contribution in [2.45, 2.75) is 27.2 Å². The molecular formula is C15H21FN2OS. The van der Waals surface area contributed by atoms with Crippen LogP contribution in [-0.2, 0) is 11.2 Å². The molecule has 1 atom stereocenters. The standard InChI is InChI=1S/C15H21FN2OS/c1-9(2)13(14(17)20)15(19)18-7-6-11-4-5-12(16)8-10(11)3/h4-5,8-9,13H,6-7H2,1-3H3,(H2,17,20)(H,18,19). The van der Waals surface area contributed by atoms with Crippen molar-refractivity contribution in [2.24, 2.45) is 17.6 Å². The van der Waals surface area contributed by atoms with Crippen LogP contribution < -0.4 is 11.1 Å². The van der Waals surface area contributed by atoms with Gasteiger partial charge in [0.05, 0.1) is 10.9 Å². The van der Waals surface area contributed by atoms with Crippen LogP contribution in [0.4, 0.5) is 4.39 Å². The van der Waals surface area contributed by atoms with Gasteiger partial charge in [0.1, 0.15) is 5.82 Å². The molecule has 110 valence electrons. The Bertz CT molecular complexity index is 503. The second-order valence-electron chi connectivity index (χ2n) is 5.24. The molecule has 1 amide bonds. The molecule has 0 aromatic heterocycles. The fourth-order valence-electron chi connectivity index (χ4n) is 2.13. The van der Waals surface area contributed by atoms with E-state index in [-0.39, 0.29) is 22.6 Å². The van der Waals surface area contributed by atoms with Gasteiger partial charge in [-0.25, -0.2) is 4.39 Å². The van der Waals surface area contributed by atoms with Crippen LogP contribution in [0.15, 0.2) is 18.2 Å². The highest BCUT2D eigenvalue weighted by molar-refractivity contribution is 7.80. The average Bonchev–Trinajstić information content (AvgIpc) is 2.30. The summed E-state index contributed by atoms with van der Waals surface area (Å²) < 4.78 is 13.0. The summed E-state index contributed by atoms with van der Waals surface area (Å²) in [6.45, 7) is 6.16. The van der Waals surface area contributed by atoms with Crippen LogP contribution in [0, 0.1) is 24.6 Å². The molecule has 0 aliphatic carbocycles. The zero-order chi connectivity index (χ0) is 15.3. The third-order valence-electron chi connectivity index (χ3n) is 3.25. The molecule has 1 unspecified atom stereocenters. The van der Waals surface area contributed by atoms with E-state index in [1.807, 2.05) is 20.8 Å². The van der Waals surface area contributed by atoms with Crippen molar-refractivity contribution < 1.29 is 9.18 Å². The lowest BCUT2D eigenvalue weighted by Gasteiger charge is -2.19. The van der Waals surface area contributed by atoms with Gasteiger partial charge in [-0.1, -0.05) is 32.1 Å². The zero-order valence-corrected chi connectivity index (χ0v) is 12.9. The molecule has 3 nitrogen and oxygen atoms in total. The molecule has 3 N–H and O–H groups in total. The van der Waals surface area contributed by atoms with E-state index < -0.39 is 5.92 Å². The van der Waals surface area contributed by atoms with Crippen molar-refractivity contribution in [3.63, 3.8) is 0 Å². The van der Waals surface area contributed by atoms with E-state index in [9.17, 15) is 9.18 Å². The predicted molar refractivity (Wildman–Crippen MR) is 83.0 cm³/mol. The number of carbonyl (C=O) groups excluding carboxylic acids is 1. The molecule has 0 fully saturated rings.